The fourth-order valence-corrected chi connectivity index (χ4v) is 3.89. The molecule has 0 amide bonds. The maximum atomic E-state index is 12.3. The van der Waals surface area contributed by atoms with E-state index in [9.17, 15) is 8.42 Å². The van der Waals surface area contributed by atoms with E-state index >= 15 is 0 Å². The summed E-state index contributed by atoms with van der Waals surface area (Å²) in [6.07, 6.45) is 0.745. The first-order valence-corrected chi connectivity index (χ1v) is 8.94. The zero-order valence-electron chi connectivity index (χ0n) is 11.6. The van der Waals surface area contributed by atoms with Crippen LogP contribution in [0.25, 0.3) is 0 Å². The summed E-state index contributed by atoms with van der Waals surface area (Å²) in [5.74, 6) is 1.91. The fraction of sp³-hybridized carbons (Fsp3) is 0.462. The summed E-state index contributed by atoms with van der Waals surface area (Å²) in [6.45, 7) is 3.88. The maximum Gasteiger partial charge on any atom is 0.242 e. The van der Waals surface area contributed by atoms with Crippen LogP contribution in [0.5, 0.6) is 0 Å². The number of rotatable bonds is 7. The Bertz CT molecular complexity index is 594. The minimum absolute atomic E-state index is 0.0239. The number of anilines is 1. The smallest absolute Gasteiger partial charge is 0.242 e. The van der Waals surface area contributed by atoms with Gasteiger partial charge in [0.05, 0.1) is 10.5 Å². The molecule has 20 heavy (non-hydrogen) atoms. The summed E-state index contributed by atoms with van der Waals surface area (Å²) >= 11 is 1.76. The van der Waals surface area contributed by atoms with Crippen molar-refractivity contribution < 1.29 is 8.42 Å². The fourth-order valence-electron chi connectivity index (χ4n) is 1.66. The van der Waals surface area contributed by atoms with Crippen LogP contribution in [0.1, 0.15) is 25.8 Å². The number of nitrogen functional groups attached to an aromatic ring is 1. The number of nitrogens with zero attached hydrogens (tertiary/aromatic N) is 1. The number of nitrogens with one attached hydrogen (secondary N) is 1. The van der Waals surface area contributed by atoms with E-state index in [1.54, 1.807) is 11.8 Å². The molecule has 0 aromatic heterocycles. The SMILES string of the molecule is CCSCCC(C)NS(=O)(=O)c1ccc(N)cc1C#N. The van der Waals surface area contributed by atoms with Crippen molar-refractivity contribution in [2.75, 3.05) is 17.2 Å². The van der Waals surface area contributed by atoms with E-state index in [2.05, 4.69) is 11.6 Å². The molecule has 0 aliphatic heterocycles. The summed E-state index contributed by atoms with van der Waals surface area (Å²) in [5, 5.41) is 9.01. The molecule has 0 radical (unpaired) electrons. The van der Waals surface area contributed by atoms with Gasteiger partial charge in [-0.1, -0.05) is 6.92 Å². The maximum absolute atomic E-state index is 12.3. The molecule has 0 bridgehead atoms. The van der Waals surface area contributed by atoms with Crippen molar-refractivity contribution in [1.29, 1.82) is 5.26 Å². The lowest BCUT2D eigenvalue weighted by molar-refractivity contribution is 0.557. The van der Waals surface area contributed by atoms with Crippen LogP contribution in [0.2, 0.25) is 0 Å². The standard InChI is InChI=1S/C13H19N3O2S2/c1-3-19-7-6-10(2)16-20(17,18)13-5-4-12(15)8-11(13)9-14/h4-5,8,10,16H,3,6-7,15H2,1-2H3. The van der Waals surface area contributed by atoms with Crippen LogP contribution in [0, 0.1) is 11.3 Å². The molecule has 1 atom stereocenters. The van der Waals surface area contributed by atoms with Crippen molar-refractivity contribution in [2.24, 2.45) is 0 Å². The average Bonchev–Trinajstić information content (AvgIpc) is 2.37. The quantitative estimate of drug-likeness (QED) is 0.592. The molecule has 0 saturated heterocycles. The first kappa shape index (κ1) is 16.8. The highest BCUT2D eigenvalue weighted by Crippen LogP contribution is 2.18. The molecule has 0 fully saturated rings. The first-order chi connectivity index (χ1) is 9.40. The zero-order valence-corrected chi connectivity index (χ0v) is 13.2. The number of sulfonamides is 1. The van der Waals surface area contributed by atoms with Crippen LogP contribution in [0.3, 0.4) is 0 Å². The van der Waals surface area contributed by atoms with Crippen LogP contribution < -0.4 is 10.5 Å². The van der Waals surface area contributed by atoms with Crippen molar-refractivity contribution in [3.8, 4) is 6.07 Å². The predicted octanol–water partition coefficient (Wildman–Crippen LogP) is 1.95. The molecule has 5 nitrogen and oxygen atoms in total. The molecule has 0 saturated carbocycles. The first-order valence-electron chi connectivity index (χ1n) is 6.30. The molecule has 1 unspecified atom stereocenters. The van der Waals surface area contributed by atoms with Crippen molar-refractivity contribution in [3.63, 3.8) is 0 Å². The Morgan fingerprint density at radius 3 is 2.80 bits per heavy atom. The number of thioether (sulfide) groups is 1. The Hall–Kier alpha value is -1.23. The van der Waals surface area contributed by atoms with Crippen LogP contribution in [0.15, 0.2) is 23.1 Å². The van der Waals surface area contributed by atoms with Crippen molar-refractivity contribution >= 4 is 27.5 Å². The second kappa shape index (κ2) is 7.53. The van der Waals surface area contributed by atoms with Crippen molar-refractivity contribution in [2.45, 2.75) is 31.2 Å². The van der Waals surface area contributed by atoms with E-state index < -0.39 is 10.0 Å². The van der Waals surface area contributed by atoms with E-state index in [-0.39, 0.29) is 16.5 Å². The molecule has 0 heterocycles. The number of nitriles is 1. The van der Waals surface area contributed by atoms with Gasteiger partial charge in [-0.15, -0.1) is 0 Å². The van der Waals surface area contributed by atoms with Gasteiger partial charge in [0.15, 0.2) is 0 Å². The second-order valence-corrected chi connectivity index (χ2v) is 7.45. The van der Waals surface area contributed by atoms with Crippen LogP contribution in [-0.2, 0) is 10.0 Å². The van der Waals surface area contributed by atoms with E-state index in [1.165, 1.54) is 18.2 Å². The van der Waals surface area contributed by atoms with E-state index in [1.807, 2.05) is 13.0 Å². The highest BCUT2D eigenvalue weighted by atomic mass is 32.2. The minimum Gasteiger partial charge on any atom is -0.399 e. The normalized spacial score (nSPS) is 12.8. The molecule has 0 spiro atoms. The summed E-state index contributed by atoms with van der Waals surface area (Å²) in [5.41, 5.74) is 5.99. The van der Waals surface area contributed by atoms with E-state index in [0.29, 0.717) is 5.69 Å². The van der Waals surface area contributed by atoms with Gasteiger partial charge in [0.25, 0.3) is 0 Å². The second-order valence-electron chi connectivity index (χ2n) is 4.38. The van der Waals surface area contributed by atoms with Gasteiger partial charge in [0.2, 0.25) is 10.0 Å². The lowest BCUT2D eigenvalue weighted by Gasteiger charge is -2.14. The Morgan fingerprint density at radius 2 is 2.20 bits per heavy atom. The predicted molar refractivity (Wildman–Crippen MR) is 83.0 cm³/mol. The highest BCUT2D eigenvalue weighted by molar-refractivity contribution is 7.99. The average molecular weight is 313 g/mol. The zero-order chi connectivity index (χ0) is 15.2. The molecule has 1 rings (SSSR count). The van der Waals surface area contributed by atoms with Gasteiger partial charge in [0, 0.05) is 11.7 Å². The molecule has 3 N–H and O–H groups in total. The molecule has 1 aromatic rings. The number of hydrogen-bond acceptors (Lipinski definition) is 5. The molecule has 0 aliphatic carbocycles. The van der Waals surface area contributed by atoms with Crippen molar-refractivity contribution in [3.05, 3.63) is 23.8 Å². The Morgan fingerprint density at radius 1 is 1.50 bits per heavy atom. The topological polar surface area (TPSA) is 96.0 Å². The third kappa shape index (κ3) is 4.71. The van der Waals surface area contributed by atoms with Gasteiger partial charge in [0.1, 0.15) is 6.07 Å². The molecule has 7 heteroatoms. The van der Waals surface area contributed by atoms with Gasteiger partial charge >= 0.3 is 0 Å². The number of nitrogens with two attached hydrogens (primary N) is 1. The van der Waals surface area contributed by atoms with Crippen molar-refractivity contribution in [1.82, 2.24) is 4.72 Å². The van der Waals surface area contributed by atoms with Gasteiger partial charge in [-0.05, 0) is 43.0 Å². The summed E-state index contributed by atoms with van der Waals surface area (Å²) in [4.78, 5) is -0.0239. The van der Waals surface area contributed by atoms with Gasteiger partial charge in [-0.3, -0.25) is 0 Å². The summed E-state index contributed by atoms with van der Waals surface area (Å²) < 4.78 is 27.1. The van der Waals surface area contributed by atoms with E-state index in [0.717, 1.165) is 17.9 Å². The summed E-state index contributed by atoms with van der Waals surface area (Å²) in [6, 6.07) is 5.90. The van der Waals surface area contributed by atoms with Crippen LogP contribution >= 0.6 is 11.8 Å². The number of hydrogen-bond donors (Lipinski definition) is 2. The van der Waals surface area contributed by atoms with E-state index in [4.69, 9.17) is 11.0 Å². The lowest BCUT2D eigenvalue weighted by Crippen LogP contribution is -2.33. The number of benzene rings is 1. The third-order valence-corrected chi connectivity index (χ3v) is 5.25. The third-order valence-electron chi connectivity index (χ3n) is 2.67. The van der Waals surface area contributed by atoms with Crippen LogP contribution in [0.4, 0.5) is 5.69 Å². The molecular formula is C13H19N3O2S2. The Labute approximate surface area is 124 Å². The molecule has 1 aromatic carbocycles. The van der Waals surface area contributed by atoms with Gasteiger partial charge in [-0.2, -0.15) is 17.0 Å². The highest BCUT2D eigenvalue weighted by Gasteiger charge is 2.20. The van der Waals surface area contributed by atoms with Gasteiger partial charge < -0.3 is 5.73 Å². The summed E-state index contributed by atoms with van der Waals surface area (Å²) in [7, 11) is -3.69. The Balaban J connectivity index is 2.87. The monoisotopic (exact) mass is 313 g/mol. The molecular weight excluding hydrogens is 294 g/mol. The molecule has 110 valence electrons. The van der Waals surface area contributed by atoms with Crippen LogP contribution in [-0.4, -0.2) is 26.0 Å². The van der Waals surface area contributed by atoms with Gasteiger partial charge in [-0.25, -0.2) is 13.1 Å². The lowest BCUT2D eigenvalue weighted by atomic mass is 10.2. The largest absolute Gasteiger partial charge is 0.399 e. The molecule has 0 aliphatic rings. The Kier molecular flexibility index (Phi) is 6.33. The minimum atomic E-state index is -3.69.